The van der Waals surface area contributed by atoms with Crippen LogP contribution in [0.15, 0.2) is 47.6 Å². The molecule has 1 saturated heterocycles. The van der Waals surface area contributed by atoms with Gasteiger partial charge in [0.15, 0.2) is 0 Å². The number of aromatic nitrogens is 3. The standard InChI is InChI=1S/C19H19N5O4S2/c25-19(21-12-6-7-12)16-9-14(28-13-3-2-8-20-10-13)11-24(16)30(26,27)17-5-1-4-15-18(17)23-29-22-15/h1-5,8,10,12,14,16H,6-7,9,11H2,(H,21,25)/t14-,16-/m0/s1. The average Bonchev–Trinajstić information content (AvgIpc) is 3.25. The van der Waals surface area contributed by atoms with Gasteiger partial charge in [0, 0.05) is 18.7 Å². The van der Waals surface area contributed by atoms with Crippen molar-refractivity contribution in [3.05, 3.63) is 42.7 Å². The van der Waals surface area contributed by atoms with E-state index in [0.717, 1.165) is 24.6 Å². The van der Waals surface area contributed by atoms with E-state index in [1.807, 2.05) is 0 Å². The molecule has 2 atom stereocenters. The number of fused-ring (bicyclic) bond motifs is 1. The number of carbonyl (C=O) groups excluding carboxylic acids is 1. The minimum atomic E-state index is -3.99. The van der Waals surface area contributed by atoms with Gasteiger partial charge in [-0.05, 0) is 37.1 Å². The lowest BCUT2D eigenvalue weighted by molar-refractivity contribution is -0.124. The second-order valence-electron chi connectivity index (χ2n) is 7.43. The first-order valence-electron chi connectivity index (χ1n) is 9.62. The summed E-state index contributed by atoms with van der Waals surface area (Å²) >= 11 is 0.958. The van der Waals surface area contributed by atoms with Crippen LogP contribution in [0, 0.1) is 0 Å². The van der Waals surface area contributed by atoms with Crippen molar-refractivity contribution in [2.45, 2.75) is 42.3 Å². The maximum absolute atomic E-state index is 13.6. The third-order valence-corrected chi connectivity index (χ3v) is 7.67. The predicted octanol–water partition coefficient (Wildman–Crippen LogP) is 1.58. The van der Waals surface area contributed by atoms with Crippen molar-refractivity contribution >= 4 is 38.7 Å². The van der Waals surface area contributed by atoms with Crippen LogP contribution in [0.3, 0.4) is 0 Å². The Balaban J connectivity index is 1.47. The zero-order chi connectivity index (χ0) is 20.7. The number of nitrogens with one attached hydrogen (secondary N) is 1. The Bertz CT molecular complexity index is 1180. The minimum absolute atomic E-state index is 0.0556. The van der Waals surface area contributed by atoms with Gasteiger partial charge in [0.25, 0.3) is 0 Å². The number of sulfonamides is 1. The maximum atomic E-state index is 13.6. The van der Waals surface area contributed by atoms with E-state index in [9.17, 15) is 13.2 Å². The molecule has 1 aromatic carbocycles. The number of ether oxygens (including phenoxy) is 1. The van der Waals surface area contributed by atoms with Crippen LogP contribution in [0.1, 0.15) is 19.3 Å². The first-order chi connectivity index (χ1) is 14.5. The van der Waals surface area contributed by atoms with Gasteiger partial charge in [-0.25, -0.2) is 8.42 Å². The summed E-state index contributed by atoms with van der Waals surface area (Å²) in [5, 5.41) is 2.93. The smallest absolute Gasteiger partial charge is 0.246 e. The highest BCUT2D eigenvalue weighted by molar-refractivity contribution is 7.89. The zero-order valence-electron chi connectivity index (χ0n) is 15.8. The van der Waals surface area contributed by atoms with Crippen LogP contribution in [-0.4, -0.2) is 57.1 Å². The Labute approximate surface area is 177 Å². The Kier molecular flexibility index (Phi) is 4.88. The molecule has 0 bridgehead atoms. The SMILES string of the molecule is O=C(NC1CC1)[C@@H]1C[C@H](Oc2cccnc2)CN1S(=O)(=O)c1cccc2nsnc12. The molecule has 0 spiro atoms. The summed E-state index contributed by atoms with van der Waals surface area (Å²) in [5.41, 5.74) is 0.836. The molecule has 9 nitrogen and oxygen atoms in total. The summed E-state index contributed by atoms with van der Waals surface area (Å²) in [4.78, 5) is 17.0. The third kappa shape index (κ3) is 3.64. The minimum Gasteiger partial charge on any atom is -0.487 e. The van der Waals surface area contributed by atoms with Crippen molar-refractivity contribution in [3.8, 4) is 5.75 Å². The number of amides is 1. The van der Waals surface area contributed by atoms with Crippen molar-refractivity contribution < 1.29 is 17.9 Å². The fourth-order valence-electron chi connectivity index (χ4n) is 3.61. The van der Waals surface area contributed by atoms with Gasteiger partial charge < -0.3 is 10.1 Å². The first-order valence-corrected chi connectivity index (χ1v) is 11.8. The molecular formula is C19H19N5O4S2. The lowest BCUT2D eigenvalue weighted by atomic mass is 10.2. The number of pyridine rings is 1. The van der Waals surface area contributed by atoms with Gasteiger partial charge in [-0.15, -0.1) is 0 Å². The number of hydrogen-bond acceptors (Lipinski definition) is 8. The van der Waals surface area contributed by atoms with Gasteiger partial charge in [-0.2, -0.15) is 13.1 Å². The van der Waals surface area contributed by atoms with Crippen LogP contribution in [0.25, 0.3) is 11.0 Å². The highest BCUT2D eigenvalue weighted by atomic mass is 32.2. The molecule has 11 heteroatoms. The van der Waals surface area contributed by atoms with Crippen molar-refractivity contribution in [1.29, 1.82) is 0 Å². The van der Waals surface area contributed by atoms with Crippen LogP contribution >= 0.6 is 11.7 Å². The van der Waals surface area contributed by atoms with E-state index in [4.69, 9.17) is 4.74 Å². The van der Waals surface area contributed by atoms with E-state index < -0.39 is 22.2 Å². The first kappa shape index (κ1) is 19.3. The molecule has 1 amide bonds. The van der Waals surface area contributed by atoms with E-state index in [1.54, 1.807) is 36.7 Å². The molecule has 1 aliphatic carbocycles. The molecule has 5 rings (SSSR count). The number of nitrogens with zero attached hydrogens (tertiary/aromatic N) is 4. The molecule has 30 heavy (non-hydrogen) atoms. The van der Waals surface area contributed by atoms with Gasteiger partial charge in [-0.1, -0.05) is 6.07 Å². The van der Waals surface area contributed by atoms with E-state index in [-0.39, 0.29) is 29.8 Å². The summed E-state index contributed by atoms with van der Waals surface area (Å²) in [7, 11) is -3.99. The molecule has 1 N–H and O–H groups in total. The second-order valence-corrected chi connectivity index (χ2v) is 9.81. The van der Waals surface area contributed by atoms with Crippen molar-refractivity contribution in [3.63, 3.8) is 0 Å². The normalized spacial score (nSPS) is 22.3. The second kappa shape index (κ2) is 7.56. The molecule has 1 aliphatic heterocycles. The van der Waals surface area contributed by atoms with E-state index >= 15 is 0 Å². The summed E-state index contributed by atoms with van der Waals surface area (Å²) in [6.45, 7) is 0.0634. The van der Waals surface area contributed by atoms with E-state index in [2.05, 4.69) is 19.0 Å². The van der Waals surface area contributed by atoms with Gasteiger partial charge in [-0.3, -0.25) is 9.78 Å². The number of benzene rings is 1. The van der Waals surface area contributed by atoms with Crippen LogP contribution in [0.5, 0.6) is 5.75 Å². The summed E-state index contributed by atoms with van der Waals surface area (Å²) in [6.07, 6.45) is 4.84. The Morgan fingerprint density at radius 3 is 2.83 bits per heavy atom. The van der Waals surface area contributed by atoms with E-state index in [0.29, 0.717) is 16.8 Å². The summed E-state index contributed by atoms with van der Waals surface area (Å²) < 4.78 is 42.6. The van der Waals surface area contributed by atoms with Crippen LogP contribution in [0.4, 0.5) is 0 Å². The highest BCUT2D eigenvalue weighted by Crippen LogP contribution is 2.32. The quantitative estimate of drug-likeness (QED) is 0.613. The molecular weight excluding hydrogens is 426 g/mol. The van der Waals surface area contributed by atoms with Crippen molar-refractivity contribution in [2.24, 2.45) is 0 Å². The molecule has 3 heterocycles. The fraction of sp³-hybridized carbons (Fsp3) is 0.368. The predicted molar refractivity (Wildman–Crippen MR) is 110 cm³/mol. The third-order valence-electron chi connectivity index (χ3n) is 5.22. The molecule has 2 aliphatic rings. The summed E-state index contributed by atoms with van der Waals surface area (Å²) in [6, 6.07) is 7.63. The molecule has 1 saturated carbocycles. The molecule has 2 fully saturated rings. The van der Waals surface area contributed by atoms with Gasteiger partial charge >= 0.3 is 0 Å². The maximum Gasteiger partial charge on any atom is 0.246 e. The number of hydrogen-bond donors (Lipinski definition) is 1. The van der Waals surface area contributed by atoms with Crippen LogP contribution < -0.4 is 10.1 Å². The fourth-order valence-corrected chi connectivity index (χ4v) is 5.99. The van der Waals surface area contributed by atoms with Crippen molar-refractivity contribution in [1.82, 2.24) is 23.4 Å². The molecule has 2 aromatic heterocycles. The Morgan fingerprint density at radius 1 is 1.20 bits per heavy atom. The lowest BCUT2D eigenvalue weighted by Crippen LogP contribution is -2.46. The van der Waals surface area contributed by atoms with Crippen LogP contribution in [-0.2, 0) is 14.8 Å². The van der Waals surface area contributed by atoms with Gasteiger partial charge in [0.1, 0.15) is 33.8 Å². The van der Waals surface area contributed by atoms with Gasteiger partial charge in [0.05, 0.1) is 24.5 Å². The van der Waals surface area contributed by atoms with E-state index in [1.165, 1.54) is 10.4 Å². The number of rotatable bonds is 6. The Morgan fingerprint density at radius 2 is 2.07 bits per heavy atom. The number of carbonyl (C=O) groups is 1. The monoisotopic (exact) mass is 445 g/mol. The summed E-state index contributed by atoms with van der Waals surface area (Å²) in [5.74, 6) is 0.246. The zero-order valence-corrected chi connectivity index (χ0v) is 17.5. The highest BCUT2D eigenvalue weighted by Gasteiger charge is 2.46. The molecule has 3 aromatic rings. The van der Waals surface area contributed by atoms with Crippen LogP contribution in [0.2, 0.25) is 0 Å². The lowest BCUT2D eigenvalue weighted by Gasteiger charge is -2.23. The largest absolute Gasteiger partial charge is 0.487 e. The van der Waals surface area contributed by atoms with Crippen molar-refractivity contribution in [2.75, 3.05) is 6.54 Å². The topological polar surface area (TPSA) is 114 Å². The average molecular weight is 446 g/mol. The molecule has 0 unspecified atom stereocenters. The Hall–Kier alpha value is -2.63. The molecule has 0 radical (unpaired) electrons. The molecule has 156 valence electrons. The van der Waals surface area contributed by atoms with Gasteiger partial charge in [0.2, 0.25) is 15.9 Å².